The molecule has 1 aliphatic rings. The molecule has 2 unspecified atom stereocenters. The van der Waals surface area contributed by atoms with Crippen LogP contribution in [0.5, 0.6) is 0 Å². The largest absolute Gasteiger partial charge is 0.466 e. The number of likely N-dealkylation sites (tertiary alicyclic amines) is 1. The smallest absolute Gasteiger partial charge is 0.309 e. The number of esters is 1. The fourth-order valence-electron chi connectivity index (χ4n) is 2.20. The van der Waals surface area contributed by atoms with Crippen LogP contribution in [0.3, 0.4) is 0 Å². The average molecular weight is 229 g/mol. The molecule has 0 N–H and O–H groups in total. The second-order valence-corrected chi connectivity index (χ2v) is 4.52. The third-order valence-electron chi connectivity index (χ3n) is 2.99. The maximum absolute atomic E-state index is 11.5. The highest BCUT2D eigenvalue weighted by molar-refractivity contribution is 5.72. The molecule has 1 rings (SSSR count). The molecule has 0 aromatic carbocycles. The van der Waals surface area contributed by atoms with Gasteiger partial charge in [0.15, 0.2) is 0 Å². The van der Waals surface area contributed by atoms with Gasteiger partial charge in [-0.2, -0.15) is 0 Å². The van der Waals surface area contributed by atoms with Crippen molar-refractivity contribution in [3.63, 3.8) is 0 Å². The molecule has 0 aromatic heterocycles. The van der Waals surface area contributed by atoms with Gasteiger partial charge in [0.25, 0.3) is 0 Å². The molecule has 4 nitrogen and oxygen atoms in total. The molecule has 1 saturated heterocycles. The van der Waals surface area contributed by atoms with Gasteiger partial charge in [-0.15, -0.1) is 0 Å². The van der Waals surface area contributed by atoms with Crippen LogP contribution >= 0.6 is 0 Å². The minimum absolute atomic E-state index is 0.0266. The van der Waals surface area contributed by atoms with Crippen LogP contribution in [0, 0.1) is 11.8 Å². The number of ether oxygens (including phenoxy) is 2. The predicted molar refractivity (Wildman–Crippen MR) is 62.2 cm³/mol. The Hall–Kier alpha value is -0.610. The lowest BCUT2D eigenvalue weighted by molar-refractivity contribution is -0.147. The molecule has 2 atom stereocenters. The van der Waals surface area contributed by atoms with Gasteiger partial charge in [0.05, 0.1) is 19.1 Å². The number of hydrogen-bond acceptors (Lipinski definition) is 4. The summed E-state index contributed by atoms with van der Waals surface area (Å²) in [5, 5.41) is 0. The molecule has 1 heterocycles. The lowest BCUT2D eigenvalue weighted by Gasteiger charge is -2.19. The van der Waals surface area contributed by atoms with Crippen molar-refractivity contribution in [3.05, 3.63) is 0 Å². The van der Waals surface area contributed by atoms with Crippen molar-refractivity contribution >= 4 is 5.97 Å². The second kappa shape index (κ2) is 6.86. The van der Waals surface area contributed by atoms with Crippen molar-refractivity contribution < 1.29 is 14.3 Å². The number of carbonyl (C=O) groups is 1. The van der Waals surface area contributed by atoms with Gasteiger partial charge in [-0.25, -0.2) is 0 Å². The van der Waals surface area contributed by atoms with E-state index in [0.717, 1.165) is 26.2 Å². The quantitative estimate of drug-likeness (QED) is 0.641. The molecule has 0 aromatic rings. The first-order valence-electron chi connectivity index (χ1n) is 6.05. The maximum atomic E-state index is 11.5. The van der Waals surface area contributed by atoms with Gasteiger partial charge in [0.2, 0.25) is 0 Å². The summed E-state index contributed by atoms with van der Waals surface area (Å²) in [4.78, 5) is 13.8. The normalized spacial score (nSPS) is 23.3. The summed E-state index contributed by atoms with van der Waals surface area (Å²) in [5.41, 5.74) is 0. The van der Waals surface area contributed by atoms with Crippen LogP contribution in [0.25, 0.3) is 0 Å². The SMILES string of the molecule is CCOC(=O)C(C)CN1CCC(COC)C1. The molecule has 94 valence electrons. The van der Waals surface area contributed by atoms with Crippen LogP contribution in [0.4, 0.5) is 0 Å². The summed E-state index contributed by atoms with van der Waals surface area (Å²) in [7, 11) is 1.74. The third kappa shape index (κ3) is 4.10. The average Bonchev–Trinajstić information content (AvgIpc) is 2.66. The Morgan fingerprint density at radius 2 is 2.31 bits per heavy atom. The molecule has 4 heteroatoms. The number of hydrogen-bond donors (Lipinski definition) is 0. The molecule has 16 heavy (non-hydrogen) atoms. The van der Waals surface area contributed by atoms with E-state index in [1.165, 1.54) is 6.42 Å². The van der Waals surface area contributed by atoms with Crippen molar-refractivity contribution in [1.82, 2.24) is 4.90 Å². The molecule has 0 aliphatic carbocycles. The molecular formula is C12H23NO3. The standard InChI is InChI=1S/C12H23NO3/c1-4-16-12(14)10(2)7-13-6-5-11(8-13)9-15-3/h10-11H,4-9H2,1-3H3. The number of rotatable bonds is 6. The van der Waals surface area contributed by atoms with Crippen molar-refractivity contribution in [2.45, 2.75) is 20.3 Å². The van der Waals surface area contributed by atoms with Crippen molar-refractivity contribution in [3.8, 4) is 0 Å². The van der Waals surface area contributed by atoms with Crippen LogP contribution in [-0.2, 0) is 14.3 Å². The summed E-state index contributed by atoms with van der Waals surface area (Å²) in [5.74, 6) is 0.512. The summed E-state index contributed by atoms with van der Waals surface area (Å²) in [6.07, 6.45) is 1.17. The van der Waals surface area contributed by atoms with E-state index in [1.807, 2.05) is 13.8 Å². The first-order chi connectivity index (χ1) is 7.67. The van der Waals surface area contributed by atoms with Gasteiger partial charge < -0.3 is 14.4 Å². The lowest BCUT2D eigenvalue weighted by atomic mass is 10.1. The fourth-order valence-corrected chi connectivity index (χ4v) is 2.20. The van der Waals surface area contributed by atoms with E-state index in [4.69, 9.17) is 9.47 Å². The van der Waals surface area contributed by atoms with Gasteiger partial charge in [-0.05, 0) is 25.8 Å². The van der Waals surface area contributed by atoms with Gasteiger partial charge in [-0.3, -0.25) is 4.79 Å². The van der Waals surface area contributed by atoms with Gasteiger partial charge in [-0.1, -0.05) is 6.92 Å². The Kier molecular flexibility index (Phi) is 5.77. The maximum Gasteiger partial charge on any atom is 0.309 e. The van der Waals surface area contributed by atoms with Crippen molar-refractivity contribution in [2.24, 2.45) is 11.8 Å². The Morgan fingerprint density at radius 3 is 2.94 bits per heavy atom. The van der Waals surface area contributed by atoms with E-state index in [0.29, 0.717) is 12.5 Å². The van der Waals surface area contributed by atoms with Crippen LogP contribution in [0.15, 0.2) is 0 Å². The molecule has 0 amide bonds. The van der Waals surface area contributed by atoms with Crippen molar-refractivity contribution in [1.29, 1.82) is 0 Å². The van der Waals surface area contributed by atoms with E-state index < -0.39 is 0 Å². The minimum atomic E-state index is -0.0855. The monoisotopic (exact) mass is 229 g/mol. The Balaban J connectivity index is 2.25. The highest BCUT2D eigenvalue weighted by Crippen LogP contribution is 2.17. The molecule has 1 aliphatic heterocycles. The zero-order valence-corrected chi connectivity index (χ0v) is 10.6. The molecule has 0 bridgehead atoms. The second-order valence-electron chi connectivity index (χ2n) is 4.52. The third-order valence-corrected chi connectivity index (χ3v) is 2.99. The fraction of sp³-hybridized carbons (Fsp3) is 0.917. The topological polar surface area (TPSA) is 38.8 Å². The van der Waals surface area contributed by atoms with E-state index in [1.54, 1.807) is 7.11 Å². The minimum Gasteiger partial charge on any atom is -0.466 e. The Labute approximate surface area is 97.9 Å². The van der Waals surface area contributed by atoms with Gasteiger partial charge in [0.1, 0.15) is 0 Å². The zero-order chi connectivity index (χ0) is 12.0. The van der Waals surface area contributed by atoms with Crippen molar-refractivity contribution in [2.75, 3.05) is 40.0 Å². The Morgan fingerprint density at radius 1 is 1.56 bits per heavy atom. The Bertz CT molecular complexity index is 220. The van der Waals surface area contributed by atoms with E-state index in [9.17, 15) is 4.79 Å². The van der Waals surface area contributed by atoms with E-state index >= 15 is 0 Å². The molecule has 0 spiro atoms. The van der Waals surface area contributed by atoms with Crippen LogP contribution in [0.1, 0.15) is 20.3 Å². The zero-order valence-electron chi connectivity index (χ0n) is 10.6. The highest BCUT2D eigenvalue weighted by atomic mass is 16.5. The summed E-state index contributed by atoms with van der Waals surface area (Å²) in [6, 6.07) is 0. The molecular weight excluding hydrogens is 206 g/mol. The van der Waals surface area contributed by atoms with Crippen LogP contribution in [-0.4, -0.2) is 50.8 Å². The molecule has 1 fully saturated rings. The molecule has 0 saturated carbocycles. The summed E-state index contributed by atoms with van der Waals surface area (Å²) >= 11 is 0. The summed E-state index contributed by atoms with van der Waals surface area (Å²) in [6.45, 7) is 7.98. The van der Waals surface area contributed by atoms with Gasteiger partial charge in [0, 0.05) is 20.2 Å². The molecule has 0 radical (unpaired) electrons. The number of nitrogens with zero attached hydrogens (tertiary/aromatic N) is 1. The highest BCUT2D eigenvalue weighted by Gasteiger charge is 2.25. The first-order valence-corrected chi connectivity index (χ1v) is 6.05. The number of methoxy groups -OCH3 is 1. The van der Waals surface area contributed by atoms with Gasteiger partial charge >= 0.3 is 5.97 Å². The van der Waals surface area contributed by atoms with Crippen LogP contribution in [0.2, 0.25) is 0 Å². The van der Waals surface area contributed by atoms with E-state index in [-0.39, 0.29) is 11.9 Å². The van der Waals surface area contributed by atoms with E-state index in [2.05, 4.69) is 4.90 Å². The lowest BCUT2D eigenvalue weighted by Crippen LogP contribution is -2.31. The summed E-state index contributed by atoms with van der Waals surface area (Å²) < 4.78 is 10.1. The van der Waals surface area contributed by atoms with Crippen LogP contribution < -0.4 is 0 Å². The first kappa shape index (κ1) is 13.5. The predicted octanol–water partition coefficient (Wildman–Crippen LogP) is 1.15. The number of carbonyl (C=O) groups excluding carboxylic acids is 1.